The maximum absolute atomic E-state index is 12.3. The molecular weight excluding hydrogens is 424 g/mol. The predicted octanol–water partition coefficient (Wildman–Crippen LogP) is -1.44. The van der Waals surface area contributed by atoms with Gasteiger partial charge in [0.05, 0.1) is 19.0 Å². The molecule has 0 radical (unpaired) electrons. The summed E-state index contributed by atoms with van der Waals surface area (Å²) in [7, 11) is 0. The molecule has 0 spiro atoms. The van der Waals surface area contributed by atoms with Gasteiger partial charge >= 0.3 is 11.9 Å². The Labute approximate surface area is 184 Å². The molecule has 0 aliphatic carbocycles. The number of phenols is 1. The molecule has 3 amide bonds. The molecule has 0 saturated carbocycles. The summed E-state index contributed by atoms with van der Waals surface area (Å²) in [4.78, 5) is 59.0. The van der Waals surface area contributed by atoms with Crippen LogP contribution in [-0.2, 0) is 30.4 Å². The third kappa shape index (κ3) is 9.00. The van der Waals surface area contributed by atoms with Gasteiger partial charge in [-0.15, -0.1) is 0 Å². The van der Waals surface area contributed by atoms with Crippen LogP contribution in [0.2, 0.25) is 0 Å². The molecule has 1 rings (SSSR count). The van der Waals surface area contributed by atoms with E-state index in [1.165, 1.54) is 24.3 Å². The Kier molecular flexibility index (Phi) is 10.1. The van der Waals surface area contributed by atoms with Crippen molar-refractivity contribution in [1.82, 2.24) is 16.0 Å². The van der Waals surface area contributed by atoms with Gasteiger partial charge in [-0.05, 0) is 23.6 Å². The number of hydrogen-bond acceptors (Lipinski definition) is 7. The fraction of sp³-hybridized carbons (Fsp3) is 0.450. The normalized spacial score (nSPS) is 13.5. The van der Waals surface area contributed by atoms with Gasteiger partial charge in [0.2, 0.25) is 17.7 Å². The number of carboxylic acids is 2. The monoisotopic (exact) mass is 452 g/mol. The standard InChI is InChI=1S/C20H28N4O8/c1-10(2)17(21)19(30)24-13(8-16(27)28)18(29)22-9-15(26)23-14(20(31)32)7-11-3-5-12(25)6-4-11/h3-6,10,13-14,17,25H,7-9,21H2,1-2H3,(H,22,29)(H,23,26)(H,24,30)(H,27,28)(H,31,32). The molecule has 1 aromatic rings. The number of carbonyl (C=O) groups excluding carboxylic acids is 3. The molecule has 0 heterocycles. The molecule has 32 heavy (non-hydrogen) atoms. The number of amides is 3. The zero-order valence-corrected chi connectivity index (χ0v) is 17.7. The van der Waals surface area contributed by atoms with E-state index in [1.54, 1.807) is 13.8 Å². The molecule has 8 N–H and O–H groups in total. The van der Waals surface area contributed by atoms with Crippen molar-refractivity contribution in [3.8, 4) is 5.75 Å². The lowest BCUT2D eigenvalue weighted by atomic mass is 10.0. The van der Waals surface area contributed by atoms with Gasteiger partial charge in [0.25, 0.3) is 0 Å². The highest BCUT2D eigenvalue weighted by atomic mass is 16.4. The Morgan fingerprint density at radius 2 is 1.53 bits per heavy atom. The summed E-state index contributed by atoms with van der Waals surface area (Å²) in [5, 5.41) is 34.3. The summed E-state index contributed by atoms with van der Waals surface area (Å²) >= 11 is 0. The summed E-state index contributed by atoms with van der Waals surface area (Å²) in [5.41, 5.74) is 6.24. The number of aromatic hydroxyl groups is 1. The van der Waals surface area contributed by atoms with E-state index in [0.29, 0.717) is 5.56 Å². The molecule has 3 atom stereocenters. The number of nitrogens with one attached hydrogen (secondary N) is 3. The average molecular weight is 452 g/mol. The van der Waals surface area contributed by atoms with Gasteiger partial charge in [-0.1, -0.05) is 26.0 Å². The maximum Gasteiger partial charge on any atom is 0.326 e. The molecule has 0 aliphatic heterocycles. The van der Waals surface area contributed by atoms with Crippen molar-refractivity contribution in [2.75, 3.05) is 6.54 Å². The average Bonchev–Trinajstić information content (AvgIpc) is 2.71. The Hall–Kier alpha value is -3.67. The number of phenolic OH excluding ortho intramolecular Hbond substituents is 1. The molecule has 0 saturated heterocycles. The van der Waals surface area contributed by atoms with Gasteiger partial charge in [-0.3, -0.25) is 19.2 Å². The Balaban J connectivity index is 2.69. The molecule has 0 aliphatic rings. The van der Waals surface area contributed by atoms with Gasteiger partial charge in [0.1, 0.15) is 17.8 Å². The Morgan fingerprint density at radius 3 is 2.03 bits per heavy atom. The van der Waals surface area contributed by atoms with Crippen molar-refractivity contribution in [3.05, 3.63) is 29.8 Å². The van der Waals surface area contributed by atoms with Crippen LogP contribution in [0.4, 0.5) is 0 Å². The molecule has 0 fully saturated rings. The highest BCUT2D eigenvalue weighted by Crippen LogP contribution is 2.11. The van der Waals surface area contributed by atoms with E-state index < -0.39 is 60.8 Å². The van der Waals surface area contributed by atoms with E-state index in [2.05, 4.69) is 16.0 Å². The van der Waals surface area contributed by atoms with Crippen LogP contribution in [0, 0.1) is 5.92 Å². The van der Waals surface area contributed by atoms with Gasteiger partial charge < -0.3 is 37.0 Å². The van der Waals surface area contributed by atoms with E-state index in [0.717, 1.165) is 0 Å². The van der Waals surface area contributed by atoms with Crippen LogP contribution in [0.1, 0.15) is 25.8 Å². The van der Waals surface area contributed by atoms with Gasteiger partial charge in [-0.25, -0.2) is 4.79 Å². The lowest BCUT2D eigenvalue weighted by Gasteiger charge is -2.21. The zero-order chi connectivity index (χ0) is 24.4. The lowest BCUT2D eigenvalue weighted by Crippen LogP contribution is -2.55. The van der Waals surface area contributed by atoms with Crippen molar-refractivity contribution in [3.63, 3.8) is 0 Å². The number of hydrogen-bond donors (Lipinski definition) is 7. The van der Waals surface area contributed by atoms with Crippen LogP contribution in [0.25, 0.3) is 0 Å². The van der Waals surface area contributed by atoms with Crippen molar-refractivity contribution < 1.29 is 39.3 Å². The summed E-state index contributed by atoms with van der Waals surface area (Å²) in [6.45, 7) is 2.72. The van der Waals surface area contributed by atoms with Crippen molar-refractivity contribution in [2.24, 2.45) is 11.7 Å². The second kappa shape index (κ2) is 12.2. The molecule has 0 aromatic heterocycles. The number of carbonyl (C=O) groups is 5. The van der Waals surface area contributed by atoms with E-state index in [-0.39, 0.29) is 18.1 Å². The Bertz CT molecular complexity index is 841. The molecule has 3 unspecified atom stereocenters. The van der Waals surface area contributed by atoms with Crippen molar-refractivity contribution >= 4 is 29.7 Å². The first-order valence-corrected chi connectivity index (χ1v) is 9.76. The summed E-state index contributed by atoms with van der Waals surface area (Å²) in [6, 6.07) is 2.02. The van der Waals surface area contributed by atoms with Crippen LogP contribution in [0.5, 0.6) is 5.75 Å². The number of rotatable bonds is 12. The predicted molar refractivity (Wildman–Crippen MR) is 111 cm³/mol. The highest BCUT2D eigenvalue weighted by Gasteiger charge is 2.28. The third-order valence-corrected chi connectivity index (χ3v) is 4.47. The van der Waals surface area contributed by atoms with Crippen LogP contribution in [-0.4, -0.2) is 69.7 Å². The summed E-state index contributed by atoms with van der Waals surface area (Å²) in [5.74, 6) is -5.39. The maximum atomic E-state index is 12.3. The number of carboxylic acid groups (broad SMARTS) is 2. The molecule has 12 nitrogen and oxygen atoms in total. The minimum absolute atomic E-state index is 0.00438. The smallest absolute Gasteiger partial charge is 0.326 e. The third-order valence-electron chi connectivity index (χ3n) is 4.47. The SMILES string of the molecule is CC(C)C(N)C(=O)NC(CC(=O)O)C(=O)NCC(=O)NC(Cc1ccc(O)cc1)C(=O)O. The lowest BCUT2D eigenvalue weighted by molar-refractivity contribution is -0.142. The van der Waals surface area contributed by atoms with E-state index >= 15 is 0 Å². The Morgan fingerprint density at radius 1 is 0.938 bits per heavy atom. The first-order chi connectivity index (χ1) is 14.9. The first-order valence-electron chi connectivity index (χ1n) is 9.76. The molecular formula is C20H28N4O8. The number of aliphatic carboxylic acids is 2. The quantitative estimate of drug-likeness (QED) is 0.198. The molecule has 12 heteroatoms. The van der Waals surface area contributed by atoms with Crippen molar-refractivity contribution in [1.29, 1.82) is 0 Å². The van der Waals surface area contributed by atoms with E-state index in [4.69, 9.17) is 10.8 Å². The van der Waals surface area contributed by atoms with Gasteiger partial charge in [-0.2, -0.15) is 0 Å². The van der Waals surface area contributed by atoms with Crippen LogP contribution in [0.15, 0.2) is 24.3 Å². The largest absolute Gasteiger partial charge is 0.508 e. The highest BCUT2D eigenvalue weighted by molar-refractivity contribution is 5.94. The molecule has 176 valence electrons. The van der Waals surface area contributed by atoms with Gasteiger partial charge in [0.15, 0.2) is 0 Å². The number of nitrogens with two attached hydrogens (primary N) is 1. The molecule has 0 bridgehead atoms. The van der Waals surface area contributed by atoms with Gasteiger partial charge in [0, 0.05) is 6.42 Å². The molecule has 1 aromatic carbocycles. The topological polar surface area (TPSA) is 208 Å². The second-order valence-corrected chi connectivity index (χ2v) is 7.48. The first kappa shape index (κ1) is 26.4. The fourth-order valence-corrected chi connectivity index (χ4v) is 2.56. The van der Waals surface area contributed by atoms with Crippen LogP contribution in [0.3, 0.4) is 0 Å². The second-order valence-electron chi connectivity index (χ2n) is 7.48. The summed E-state index contributed by atoms with van der Waals surface area (Å²) in [6.07, 6.45) is -0.803. The minimum atomic E-state index is -1.47. The van der Waals surface area contributed by atoms with Crippen LogP contribution < -0.4 is 21.7 Å². The van der Waals surface area contributed by atoms with E-state index in [9.17, 15) is 34.2 Å². The zero-order valence-electron chi connectivity index (χ0n) is 17.7. The van der Waals surface area contributed by atoms with Crippen molar-refractivity contribution in [2.45, 2.75) is 44.8 Å². The number of benzene rings is 1. The fourth-order valence-electron chi connectivity index (χ4n) is 2.56. The van der Waals surface area contributed by atoms with Crippen LogP contribution >= 0.6 is 0 Å². The minimum Gasteiger partial charge on any atom is -0.508 e. The van der Waals surface area contributed by atoms with E-state index in [1.807, 2.05) is 0 Å². The summed E-state index contributed by atoms with van der Waals surface area (Å²) < 4.78 is 0.